The molecular weight excluding hydrogens is 312 g/mol. The number of carbonyl (C=O) groups is 2. The van der Waals surface area contributed by atoms with Crippen molar-refractivity contribution in [3.05, 3.63) is 23.3 Å². The second-order valence-electron chi connectivity index (χ2n) is 7.59. The largest absolute Gasteiger partial charge is 0.342 e. The van der Waals surface area contributed by atoms with E-state index >= 15 is 0 Å². The van der Waals surface area contributed by atoms with Crippen LogP contribution in [0.5, 0.6) is 0 Å². The summed E-state index contributed by atoms with van der Waals surface area (Å²) in [5.41, 5.74) is 7.68. The summed E-state index contributed by atoms with van der Waals surface area (Å²) in [5.74, 6) is 7.59. The molecule has 0 radical (unpaired) electrons. The van der Waals surface area contributed by atoms with E-state index < -0.39 is 0 Å². The third-order valence-corrected chi connectivity index (χ3v) is 5.67. The number of amides is 1. The maximum absolute atomic E-state index is 12.6. The number of Topliss-reactive ketones (excluding diaryl/α,β-unsaturated/α-hetero) is 1. The van der Waals surface area contributed by atoms with E-state index in [4.69, 9.17) is 5.73 Å². The molecule has 1 saturated heterocycles. The van der Waals surface area contributed by atoms with E-state index in [1.165, 1.54) is 0 Å². The number of nitrogens with zero attached hydrogens (tertiary/aromatic N) is 1. The molecule has 1 amide bonds. The first-order valence-corrected chi connectivity index (χ1v) is 9.50. The molecule has 2 fully saturated rings. The molecular formula is C21H28N2O2. The number of piperidine rings is 1. The SMILES string of the molecule is CC1=CC(C#CC2CCN(C(=O)C3CCC(N)CC3)CC2)=CCC1=O. The predicted molar refractivity (Wildman–Crippen MR) is 98.5 cm³/mol. The Labute approximate surface area is 150 Å². The Morgan fingerprint density at radius 2 is 1.84 bits per heavy atom. The van der Waals surface area contributed by atoms with Crippen LogP contribution in [0.25, 0.3) is 0 Å². The van der Waals surface area contributed by atoms with Crippen molar-refractivity contribution in [2.75, 3.05) is 13.1 Å². The van der Waals surface area contributed by atoms with Gasteiger partial charge in [0.25, 0.3) is 0 Å². The van der Waals surface area contributed by atoms with E-state index in [0.717, 1.165) is 62.8 Å². The molecule has 0 atom stereocenters. The molecule has 0 aromatic heterocycles. The molecule has 134 valence electrons. The Balaban J connectivity index is 1.49. The van der Waals surface area contributed by atoms with Gasteiger partial charge in [-0.15, -0.1) is 0 Å². The van der Waals surface area contributed by atoms with E-state index in [-0.39, 0.29) is 17.7 Å². The van der Waals surface area contributed by atoms with Gasteiger partial charge in [0.05, 0.1) is 0 Å². The number of hydrogen-bond donors (Lipinski definition) is 1. The van der Waals surface area contributed by atoms with Gasteiger partial charge in [-0.1, -0.05) is 17.9 Å². The zero-order valence-electron chi connectivity index (χ0n) is 15.1. The molecule has 1 aliphatic heterocycles. The highest BCUT2D eigenvalue weighted by atomic mass is 16.2. The van der Waals surface area contributed by atoms with E-state index in [1.807, 2.05) is 24.0 Å². The first kappa shape index (κ1) is 17.9. The number of rotatable bonds is 1. The van der Waals surface area contributed by atoms with Crippen LogP contribution in [-0.2, 0) is 9.59 Å². The monoisotopic (exact) mass is 340 g/mol. The lowest BCUT2D eigenvalue weighted by molar-refractivity contribution is -0.137. The molecule has 0 aromatic carbocycles. The van der Waals surface area contributed by atoms with Gasteiger partial charge in [-0.2, -0.15) is 0 Å². The first-order chi connectivity index (χ1) is 12.0. The van der Waals surface area contributed by atoms with Gasteiger partial charge in [-0.25, -0.2) is 0 Å². The van der Waals surface area contributed by atoms with Crippen molar-refractivity contribution in [3.63, 3.8) is 0 Å². The molecule has 0 spiro atoms. The summed E-state index contributed by atoms with van der Waals surface area (Å²) in [4.78, 5) is 26.2. The minimum absolute atomic E-state index is 0.181. The van der Waals surface area contributed by atoms with E-state index in [1.54, 1.807) is 0 Å². The zero-order valence-corrected chi connectivity index (χ0v) is 15.1. The molecule has 0 unspecified atom stereocenters. The van der Waals surface area contributed by atoms with Crippen molar-refractivity contribution in [1.82, 2.24) is 4.90 Å². The highest BCUT2D eigenvalue weighted by Gasteiger charge is 2.30. The van der Waals surface area contributed by atoms with Crippen LogP contribution >= 0.6 is 0 Å². The summed E-state index contributed by atoms with van der Waals surface area (Å²) >= 11 is 0. The number of ketones is 1. The van der Waals surface area contributed by atoms with Gasteiger partial charge in [0.15, 0.2) is 5.78 Å². The summed E-state index contributed by atoms with van der Waals surface area (Å²) in [6, 6.07) is 0.284. The van der Waals surface area contributed by atoms with Crippen LogP contribution in [0.3, 0.4) is 0 Å². The van der Waals surface area contributed by atoms with Crippen LogP contribution in [0.2, 0.25) is 0 Å². The molecule has 4 nitrogen and oxygen atoms in total. The first-order valence-electron chi connectivity index (χ1n) is 9.50. The summed E-state index contributed by atoms with van der Waals surface area (Å²) in [5, 5.41) is 0. The summed E-state index contributed by atoms with van der Waals surface area (Å²) in [6.07, 6.45) is 9.98. The van der Waals surface area contributed by atoms with E-state index in [2.05, 4.69) is 11.8 Å². The van der Waals surface area contributed by atoms with Gasteiger partial charge in [0, 0.05) is 43.0 Å². The molecule has 1 saturated carbocycles. The Bertz CT molecular complexity index is 649. The highest BCUT2D eigenvalue weighted by molar-refractivity contribution is 5.97. The third-order valence-electron chi connectivity index (χ3n) is 5.67. The fraction of sp³-hybridized carbons (Fsp3) is 0.619. The van der Waals surface area contributed by atoms with Gasteiger partial charge in [0.2, 0.25) is 5.91 Å². The molecule has 2 aliphatic carbocycles. The number of likely N-dealkylation sites (tertiary alicyclic amines) is 1. The average molecular weight is 340 g/mol. The topological polar surface area (TPSA) is 63.4 Å². The van der Waals surface area contributed by atoms with Gasteiger partial charge in [-0.3, -0.25) is 9.59 Å². The average Bonchev–Trinajstić information content (AvgIpc) is 2.63. The Kier molecular flexibility index (Phi) is 5.75. The lowest BCUT2D eigenvalue weighted by atomic mass is 9.85. The van der Waals surface area contributed by atoms with Gasteiger partial charge in [0.1, 0.15) is 0 Å². The zero-order chi connectivity index (χ0) is 17.8. The Hall–Kier alpha value is -1.86. The quantitative estimate of drug-likeness (QED) is 0.746. The van der Waals surface area contributed by atoms with Gasteiger partial charge in [-0.05, 0) is 57.1 Å². The molecule has 3 aliphatic rings. The number of carbonyl (C=O) groups excluding carboxylic acids is 2. The number of hydrogen-bond acceptors (Lipinski definition) is 3. The molecule has 0 aromatic rings. The Morgan fingerprint density at radius 1 is 1.16 bits per heavy atom. The van der Waals surface area contributed by atoms with Gasteiger partial charge < -0.3 is 10.6 Å². The summed E-state index contributed by atoms with van der Waals surface area (Å²) < 4.78 is 0. The summed E-state index contributed by atoms with van der Waals surface area (Å²) in [6.45, 7) is 3.47. The number of allylic oxidation sites excluding steroid dienone is 4. The second kappa shape index (κ2) is 8.01. The smallest absolute Gasteiger partial charge is 0.225 e. The standard InChI is InChI=1S/C21H28N2O2/c1-15-14-17(4-9-20(15)24)3-2-16-10-12-23(13-11-16)21(25)18-5-7-19(22)8-6-18/h4,14,16,18-19H,5-13,22H2,1H3. The van der Waals surface area contributed by atoms with Crippen LogP contribution in [0.1, 0.15) is 51.9 Å². The number of nitrogens with two attached hydrogens (primary N) is 1. The predicted octanol–water partition coefficient (Wildman–Crippen LogP) is 2.59. The van der Waals surface area contributed by atoms with E-state index in [0.29, 0.717) is 18.2 Å². The molecule has 0 bridgehead atoms. The van der Waals surface area contributed by atoms with Crippen molar-refractivity contribution in [2.45, 2.75) is 57.9 Å². The van der Waals surface area contributed by atoms with Gasteiger partial charge >= 0.3 is 0 Å². The molecule has 2 N–H and O–H groups in total. The molecule has 1 heterocycles. The molecule has 3 rings (SSSR count). The van der Waals surface area contributed by atoms with Crippen molar-refractivity contribution in [1.29, 1.82) is 0 Å². The lowest BCUT2D eigenvalue weighted by Crippen LogP contribution is -2.43. The Morgan fingerprint density at radius 3 is 2.48 bits per heavy atom. The second-order valence-corrected chi connectivity index (χ2v) is 7.59. The van der Waals surface area contributed by atoms with Crippen molar-refractivity contribution >= 4 is 11.7 Å². The highest BCUT2D eigenvalue weighted by Crippen LogP contribution is 2.27. The maximum Gasteiger partial charge on any atom is 0.225 e. The van der Waals surface area contributed by atoms with E-state index in [9.17, 15) is 9.59 Å². The van der Waals surface area contributed by atoms with Crippen LogP contribution in [0.4, 0.5) is 0 Å². The van der Waals surface area contributed by atoms with Crippen LogP contribution in [0.15, 0.2) is 23.3 Å². The van der Waals surface area contributed by atoms with Crippen LogP contribution < -0.4 is 5.73 Å². The van der Waals surface area contributed by atoms with Crippen LogP contribution in [0, 0.1) is 23.7 Å². The normalized spacial score (nSPS) is 27.9. The maximum atomic E-state index is 12.6. The van der Waals surface area contributed by atoms with Crippen LogP contribution in [-0.4, -0.2) is 35.7 Å². The minimum Gasteiger partial charge on any atom is -0.342 e. The molecule has 4 heteroatoms. The lowest BCUT2D eigenvalue weighted by Gasteiger charge is -2.34. The van der Waals surface area contributed by atoms with Crippen molar-refractivity contribution < 1.29 is 9.59 Å². The minimum atomic E-state index is 0.181. The van der Waals surface area contributed by atoms with Crippen molar-refractivity contribution in [3.8, 4) is 11.8 Å². The fourth-order valence-corrected chi connectivity index (χ4v) is 3.88. The third kappa shape index (κ3) is 4.61. The van der Waals surface area contributed by atoms with Crippen molar-refractivity contribution in [2.24, 2.45) is 17.6 Å². The molecule has 25 heavy (non-hydrogen) atoms. The fourth-order valence-electron chi connectivity index (χ4n) is 3.88. The summed E-state index contributed by atoms with van der Waals surface area (Å²) in [7, 11) is 0.